The lowest BCUT2D eigenvalue weighted by Gasteiger charge is -2.34. The summed E-state index contributed by atoms with van der Waals surface area (Å²) in [7, 11) is 3.40. The Balaban J connectivity index is 1.52. The van der Waals surface area contributed by atoms with Gasteiger partial charge in [-0.15, -0.1) is 0 Å². The van der Waals surface area contributed by atoms with Gasteiger partial charge in [-0.25, -0.2) is 4.79 Å². The molecule has 0 aliphatic carbocycles. The molecule has 0 spiro atoms. The summed E-state index contributed by atoms with van der Waals surface area (Å²) in [5, 5.41) is 1.06. The van der Waals surface area contributed by atoms with Crippen LogP contribution in [0.4, 0.5) is 10.5 Å². The molecular formula is C27H33Cl2N3O3. The fraction of sp³-hybridized carbons (Fsp3) is 0.481. The van der Waals surface area contributed by atoms with Crippen LogP contribution in [0.15, 0.2) is 36.4 Å². The normalized spacial score (nSPS) is 20.0. The summed E-state index contributed by atoms with van der Waals surface area (Å²) in [6.45, 7) is 8.07. The van der Waals surface area contributed by atoms with Crippen LogP contribution in [0.25, 0.3) is 11.1 Å². The summed E-state index contributed by atoms with van der Waals surface area (Å²) in [6.07, 6.45) is 1.76. The number of rotatable bonds is 3. The van der Waals surface area contributed by atoms with Crippen molar-refractivity contribution in [2.45, 2.75) is 45.3 Å². The zero-order valence-electron chi connectivity index (χ0n) is 21.0. The number of anilines is 1. The van der Waals surface area contributed by atoms with E-state index in [2.05, 4.69) is 4.90 Å². The third-order valence-electron chi connectivity index (χ3n) is 6.59. The first-order valence-corrected chi connectivity index (χ1v) is 12.7. The van der Waals surface area contributed by atoms with Gasteiger partial charge in [0.1, 0.15) is 5.60 Å². The number of amides is 2. The van der Waals surface area contributed by atoms with Crippen LogP contribution in [-0.2, 0) is 4.74 Å². The van der Waals surface area contributed by atoms with Crippen molar-refractivity contribution in [1.29, 1.82) is 0 Å². The van der Waals surface area contributed by atoms with Crippen molar-refractivity contribution in [2.24, 2.45) is 5.92 Å². The van der Waals surface area contributed by atoms with Gasteiger partial charge in [-0.1, -0.05) is 35.3 Å². The lowest BCUT2D eigenvalue weighted by molar-refractivity contribution is 0.0221. The maximum atomic E-state index is 12.8. The number of nitrogens with zero attached hydrogens (tertiary/aromatic N) is 3. The van der Waals surface area contributed by atoms with E-state index in [9.17, 15) is 9.59 Å². The molecule has 2 saturated heterocycles. The number of benzene rings is 2. The van der Waals surface area contributed by atoms with Gasteiger partial charge in [0.25, 0.3) is 5.91 Å². The van der Waals surface area contributed by atoms with Gasteiger partial charge >= 0.3 is 6.09 Å². The van der Waals surface area contributed by atoms with Gasteiger partial charge in [-0.05, 0) is 74.9 Å². The van der Waals surface area contributed by atoms with Gasteiger partial charge in [0.05, 0.1) is 27.3 Å². The summed E-state index contributed by atoms with van der Waals surface area (Å²) in [5.74, 6) is 0.340. The molecule has 6 nitrogen and oxygen atoms in total. The van der Waals surface area contributed by atoms with Gasteiger partial charge in [-0.3, -0.25) is 4.79 Å². The highest BCUT2D eigenvalue weighted by molar-refractivity contribution is 6.34. The topological polar surface area (TPSA) is 53.1 Å². The molecule has 0 aromatic heterocycles. The minimum atomic E-state index is -0.510. The van der Waals surface area contributed by atoms with Crippen LogP contribution in [0.5, 0.6) is 0 Å². The molecule has 0 N–H and O–H groups in total. The van der Waals surface area contributed by atoms with Crippen LogP contribution in [-0.4, -0.2) is 67.2 Å². The van der Waals surface area contributed by atoms with Crippen LogP contribution < -0.4 is 4.90 Å². The summed E-state index contributed by atoms with van der Waals surface area (Å²) < 4.78 is 5.65. The molecule has 188 valence electrons. The third-order valence-corrected chi connectivity index (χ3v) is 7.21. The van der Waals surface area contributed by atoms with E-state index >= 15 is 0 Å². The molecule has 2 aliphatic rings. The molecule has 2 aromatic carbocycles. The Hall–Kier alpha value is -2.44. The van der Waals surface area contributed by atoms with E-state index in [0.29, 0.717) is 21.5 Å². The summed E-state index contributed by atoms with van der Waals surface area (Å²) in [4.78, 5) is 30.7. The zero-order valence-corrected chi connectivity index (χ0v) is 22.5. The third kappa shape index (κ3) is 5.70. The van der Waals surface area contributed by atoms with Crippen LogP contribution in [0.3, 0.4) is 0 Å². The molecule has 2 aromatic rings. The number of hydrogen-bond donors (Lipinski definition) is 0. The molecule has 2 unspecified atom stereocenters. The van der Waals surface area contributed by atoms with Crippen molar-refractivity contribution in [3.63, 3.8) is 0 Å². The van der Waals surface area contributed by atoms with E-state index in [4.69, 9.17) is 27.9 Å². The highest BCUT2D eigenvalue weighted by Gasteiger charge is 2.40. The first-order valence-electron chi connectivity index (χ1n) is 12.0. The maximum absolute atomic E-state index is 12.8. The van der Waals surface area contributed by atoms with E-state index < -0.39 is 5.60 Å². The standard InChI is InChI=1S/C27H33Cl2N3O3/c1-27(2,3)35-26(34)32-15-17-10-11-31(16-20(32)12-17)24-9-7-19(14-23(24)29)18-6-8-21(22(28)13-18)25(33)30(4)5/h6-9,13-14,17,20H,10-12,15-16H2,1-5H3. The van der Waals surface area contributed by atoms with Gasteiger partial charge in [-0.2, -0.15) is 0 Å². The predicted molar refractivity (Wildman–Crippen MR) is 142 cm³/mol. The average Bonchev–Trinajstić information content (AvgIpc) is 3.05. The highest BCUT2D eigenvalue weighted by Crippen LogP contribution is 2.37. The fourth-order valence-electron chi connectivity index (χ4n) is 4.90. The van der Waals surface area contributed by atoms with Gasteiger partial charge in [0.2, 0.25) is 0 Å². The van der Waals surface area contributed by atoms with Crippen molar-refractivity contribution in [3.05, 3.63) is 52.0 Å². The van der Waals surface area contributed by atoms with E-state index in [1.54, 1.807) is 26.2 Å². The Labute approximate surface area is 217 Å². The fourth-order valence-corrected chi connectivity index (χ4v) is 5.46. The second-order valence-corrected chi connectivity index (χ2v) is 11.5. The molecule has 4 rings (SSSR count). The van der Waals surface area contributed by atoms with E-state index in [1.807, 2.05) is 49.9 Å². The van der Waals surface area contributed by atoms with Crippen LogP contribution in [0.1, 0.15) is 44.0 Å². The van der Waals surface area contributed by atoms with Crippen molar-refractivity contribution in [3.8, 4) is 11.1 Å². The molecule has 2 atom stereocenters. The number of carbonyl (C=O) groups is 2. The van der Waals surface area contributed by atoms with Crippen molar-refractivity contribution < 1.29 is 14.3 Å². The Morgan fingerprint density at radius 3 is 2.26 bits per heavy atom. The molecule has 35 heavy (non-hydrogen) atoms. The maximum Gasteiger partial charge on any atom is 0.410 e. The number of halogens is 2. The molecule has 2 aliphatic heterocycles. The summed E-state index contributed by atoms with van der Waals surface area (Å²) in [6, 6.07) is 11.5. The lowest BCUT2D eigenvalue weighted by Crippen LogP contribution is -2.46. The van der Waals surface area contributed by atoms with Crippen molar-refractivity contribution >= 4 is 40.9 Å². The number of carbonyl (C=O) groups excluding carboxylic acids is 2. The number of ether oxygens (including phenoxy) is 1. The lowest BCUT2D eigenvalue weighted by atomic mass is 10.0. The van der Waals surface area contributed by atoms with Gasteiger partial charge in [0.15, 0.2) is 0 Å². The van der Waals surface area contributed by atoms with Gasteiger partial charge in [0, 0.05) is 33.7 Å². The smallest absolute Gasteiger partial charge is 0.410 e. The minimum Gasteiger partial charge on any atom is -0.444 e. The second-order valence-electron chi connectivity index (χ2n) is 10.7. The highest BCUT2D eigenvalue weighted by atomic mass is 35.5. The van der Waals surface area contributed by atoms with E-state index in [0.717, 1.165) is 49.3 Å². The molecule has 0 saturated carbocycles. The molecule has 2 fully saturated rings. The second kappa shape index (κ2) is 9.90. The van der Waals surface area contributed by atoms with Gasteiger partial charge < -0.3 is 19.4 Å². The molecule has 0 radical (unpaired) electrons. The van der Waals surface area contributed by atoms with E-state index in [1.165, 1.54) is 4.90 Å². The Kier molecular flexibility index (Phi) is 7.26. The van der Waals surface area contributed by atoms with Crippen molar-refractivity contribution in [2.75, 3.05) is 38.6 Å². The van der Waals surface area contributed by atoms with E-state index in [-0.39, 0.29) is 18.0 Å². The van der Waals surface area contributed by atoms with Crippen LogP contribution >= 0.6 is 23.2 Å². The summed E-state index contributed by atoms with van der Waals surface area (Å²) in [5.41, 5.74) is 2.74. The minimum absolute atomic E-state index is 0.105. The Bertz CT molecular complexity index is 1130. The summed E-state index contributed by atoms with van der Waals surface area (Å²) >= 11 is 13.2. The molecular weight excluding hydrogens is 485 g/mol. The number of fused-ring (bicyclic) bond motifs is 2. The predicted octanol–water partition coefficient (Wildman–Crippen LogP) is 6.20. The zero-order chi connectivity index (χ0) is 25.5. The largest absolute Gasteiger partial charge is 0.444 e. The average molecular weight is 518 g/mol. The number of likely N-dealkylation sites (tertiary alicyclic amines) is 1. The quantitative estimate of drug-likeness (QED) is 0.486. The van der Waals surface area contributed by atoms with Crippen LogP contribution in [0.2, 0.25) is 10.0 Å². The molecule has 2 amide bonds. The van der Waals surface area contributed by atoms with Crippen LogP contribution in [0, 0.1) is 5.92 Å². The van der Waals surface area contributed by atoms with Crippen molar-refractivity contribution in [1.82, 2.24) is 9.80 Å². The SMILES string of the molecule is CN(C)C(=O)c1ccc(-c2ccc(N3CCC4CC(C3)N(C(=O)OC(C)(C)C)C4)c(Cl)c2)cc1Cl. The Morgan fingerprint density at radius 1 is 1.00 bits per heavy atom. The molecule has 2 bridgehead atoms. The molecule has 8 heteroatoms. The first-order chi connectivity index (χ1) is 16.4. The molecule has 2 heterocycles. The monoisotopic (exact) mass is 517 g/mol. The number of hydrogen-bond acceptors (Lipinski definition) is 4. The first kappa shape index (κ1) is 25.6. The Morgan fingerprint density at radius 2 is 1.66 bits per heavy atom.